The summed E-state index contributed by atoms with van der Waals surface area (Å²) in [5.41, 5.74) is 1.26. The quantitative estimate of drug-likeness (QED) is 0.613. The molecular formula is C16H22O2Si. The van der Waals surface area contributed by atoms with Crippen LogP contribution in [0, 0.1) is 5.41 Å². The standard InChI is InChI=1S/C16H22O2Si/c1-18-15(17)16(12-14(16)19(2,3)4)11-10-13-8-6-5-7-9-13/h5-11,14H,12H2,1-4H3/b11-10+/t14-,16-/m0/s1. The first kappa shape index (κ1) is 14.1. The van der Waals surface area contributed by atoms with Crippen LogP contribution in [0.1, 0.15) is 12.0 Å². The highest BCUT2D eigenvalue weighted by Crippen LogP contribution is 2.64. The van der Waals surface area contributed by atoms with Crippen molar-refractivity contribution in [3.63, 3.8) is 0 Å². The first-order chi connectivity index (χ1) is 8.90. The van der Waals surface area contributed by atoms with E-state index in [2.05, 4.69) is 31.8 Å². The molecule has 0 bridgehead atoms. The lowest BCUT2D eigenvalue weighted by atomic mass is 10.1. The number of ether oxygens (including phenoxy) is 1. The largest absolute Gasteiger partial charge is 0.468 e. The van der Waals surface area contributed by atoms with Gasteiger partial charge >= 0.3 is 5.97 Å². The van der Waals surface area contributed by atoms with Gasteiger partial charge in [0, 0.05) is 8.07 Å². The summed E-state index contributed by atoms with van der Waals surface area (Å²) in [7, 11) is 0.158. The number of hydrogen-bond donors (Lipinski definition) is 0. The molecular weight excluding hydrogens is 252 g/mol. The average molecular weight is 274 g/mol. The van der Waals surface area contributed by atoms with E-state index < -0.39 is 8.07 Å². The van der Waals surface area contributed by atoms with Crippen molar-refractivity contribution >= 4 is 20.1 Å². The zero-order chi connectivity index (χ0) is 14.1. The highest BCUT2D eigenvalue weighted by Gasteiger charge is 2.63. The summed E-state index contributed by atoms with van der Waals surface area (Å²) < 4.78 is 5.02. The van der Waals surface area contributed by atoms with Crippen LogP contribution in [-0.4, -0.2) is 21.2 Å². The third-order valence-corrected chi connectivity index (χ3v) is 6.80. The Balaban J connectivity index is 2.23. The van der Waals surface area contributed by atoms with Crippen LogP contribution in [0.2, 0.25) is 25.2 Å². The van der Waals surface area contributed by atoms with Crippen molar-refractivity contribution in [2.75, 3.05) is 7.11 Å². The van der Waals surface area contributed by atoms with Crippen LogP contribution in [0.25, 0.3) is 6.08 Å². The van der Waals surface area contributed by atoms with Crippen LogP contribution in [0.3, 0.4) is 0 Å². The second kappa shape index (κ2) is 4.97. The SMILES string of the molecule is COC(=O)[C@@]1(/C=C/c2ccccc2)C[C@@H]1[Si](C)(C)C. The summed E-state index contributed by atoms with van der Waals surface area (Å²) in [5.74, 6) is -0.0768. The van der Waals surface area contributed by atoms with Gasteiger partial charge in [0.15, 0.2) is 0 Å². The van der Waals surface area contributed by atoms with Crippen molar-refractivity contribution in [2.24, 2.45) is 5.41 Å². The van der Waals surface area contributed by atoms with E-state index in [1.807, 2.05) is 30.3 Å². The lowest BCUT2D eigenvalue weighted by Crippen LogP contribution is -2.27. The van der Waals surface area contributed by atoms with Gasteiger partial charge in [0.1, 0.15) is 0 Å². The van der Waals surface area contributed by atoms with Crippen molar-refractivity contribution in [2.45, 2.75) is 31.6 Å². The first-order valence-electron chi connectivity index (χ1n) is 6.73. The van der Waals surface area contributed by atoms with Gasteiger partial charge in [0.2, 0.25) is 0 Å². The molecule has 1 aromatic rings. The minimum absolute atomic E-state index is 0.0768. The third kappa shape index (κ3) is 2.81. The predicted molar refractivity (Wildman–Crippen MR) is 81.6 cm³/mol. The monoisotopic (exact) mass is 274 g/mol. The van der Waals surface area contributed by atoms with Crippen molar-refractivity contribution in [3.05, 3.63) is 42.0 Å². The molecule has 2 atom stereocenters. The lowest BCUT2D eigenvalue weighted by Gasteiger charge is -2.19. The van der Waals surface area contributed by atoms with Gasteiger partial charge in [-0.25, -0.2) is 0 Å². The van der Waals surface area contributed by atoms with Crippen LogP contribution >= 0.6 is 0 Å². The number of carbonyl (C=O) groups is 1. The minimum atomic E-state index is -1.33. The lowest BCUT2D eigenvalue weighted by molar-refractivity contribution is -0.145. The number of benzene rings is 1. The van der Waals surface area contributed by atoms with Gasteiger partial charge < -0.3 is 4.74 Å². The molecule has 2 rings (SSSR count). The van der Waals surface area contributed by atoms with Gasteiger partial charge in [-0.3, -0.25) is 4.79 Å². The Morgan fingerprint density at radius 2 is 1.95 bits per heavy atom. The van der Waals surface area contributed by atoms with E-state index in [0.717, 1.165) is 12.0 Å². The van der Waals surface area contributed by atoms with Crippen molar-refractivity contribution in [3.8, 4) is 0 Å². The Morgan fingerprint density at radius 1 is 1.32 bits per heavy atom. The minimum Gasteiger partial charge on any atom is -0.468 e. The molecule has 3 heteroatoms. The molecule has 102 valence electrons. The van der Waals surface area contributed by atoms with Gasteiger partial charge in [-0.05, 0) is 17.5 Å². The molecule has 0 aliphatic heterocycles. The van der Waals surface area contributed by atoms with Crippen LogP contribution < -0.4 is 0 Å². The Morgan fingerprint density at radius 3 is 2.42 bits per heavy atom. The molecule has 0 aromatic heterocycles. The molecule has 19 heavy (non-hydrogen) atoms. The molecule has 2 nitrogen and oxygen atoms in total. The molecule has 0 amide bonds. The van der Waals surface area contributed by atoms with E-state index in [9.17, 15) is 4.79 Å². The fourth-order valence-electron chi connectivity index (χ4n) is 2.83. The fraction of sp³-hybridized carbons (Fsp3) is 0.438. The van der Waals surface area contributed by atoms with Gasteiger partial charge in [0.25, 0.3) is 0 Å². The molecule has 1 aliphatic carbocycles. The Bertz CT molecular complexity index is 487. The van der Waals surface area contributed by atoms with E-state index in [-0.39, 0.29) is 11.4 Å². The summed E-state index contributed by atoms with van der Waals surface area (Å²) in [6.45, 7) is 6.95. The maximum Gasteiger partial charge on any atom is 0.315 e. The summed E-state index contributed by atoms with van der Waals surface area (Å²) >= 11 is 0. The highest BCUT2D eigenvalue weighted by atomic mass is 28.3. The van der Waals surface area contributed by atoms with Crippen molar-refractivity contribution < 1.29 is 9.53 Å². The third-order valence-electron chi connectivity index (χ3n) is 3.99. The zero-order valence-corrected chi connectivity index (χ0v) is 13.1. The van der Waals surface area contributed by atoms with Crippen LogP contribution in [0.5, 0.6) is 0 Å². The maximum absolute atomic E-state index is 12.1. The Labute approximate surface area is 116 Å². The summed E-state index contributed by atoms with van der Waals surface area (Å²) in [6.07, 6.45) is 5.06. The normalized spacial score (nSPS) is 26.4. The number of rotatable bonds is 4. The Kier molecular flexibility index (Phi) is 3.68. The van der Waals surface area contributed by atoms with Crippen LogP contribution in [-0.2, 0) is 9.53 Å². The van der Waals surface area contributed by atoms with Crippen LogP contribution in [0.4, 0.5) is 0 Å². The molecule has 0 unspecified atom stereocenters. The highest BCUT2D eigenvalue weighted by molar-refractivity contribution is 6.79. The molecule has 0 N–H and O–H groups in total. The molecule has 1 saturated carbocycles. The predicted octanol–water partition coefficient (Wildman–Crippen LogP) is 3.97. The van der Waals surface area contributed by atoms with Gasteiger partial charge in [-0.1, -0.05) is 62.1 Å². The number of hydrogen-bond acceptors (Lipinski definition) is 2. The molecule has 0 spiro atoms. The van der Waals surface area contributed by atoms with E-state index >= 15 is 0 Å². The Hall–Kier alpha value is -1.35. The maximum atomic E-state index is 12.1. The first-order valence-corrected chi connectivity index (χ1v) is 10.3. The second-order valence-electron chi connectivity index (χ2n) is 6.40. The molecule has 1 aliphatic rings. The van der Waals surface area contributed by atoms with Gasteiger partial charge in [0.05, 0.1) is 12.5 Å². The summed E-state index contributed by atoms with van der Waals surface area (Å²) in [6, 6.07) is 10.1. The number of methoxy groups -OCH3 is 1. The topological polar surface area (TPSA) is 26.3 Å². The summed E-state index contributed by atoms with van der Waals surface area (Å²) in [5, 5.41) is 0. The van der Waals surface area contributed by atoms with Crippen molar-refractivity contribution in [1.82, 2.24) is 0 Å². The molecule has 1 fully saturated rings. The van der Waals surface area contributed by atoms with E-state index in [1.54, 1.807) is 0 Å². The number of carbonyl (C=O) groups excluding carboxylic acids is 1. The molecule has 0 saturated heterocycles. The summed E-state index contributed by atoms with van der Waals surface area (Å²) in [4.78, 5) is 12.1. The van der Waals surface area contributed by atoms with E-state index in [0.29, 0.717) is 5.54 Å². The van der Waals surface area contributed by atoms with Crippen LogP contribution in [0.15, 0.2) is 36.4 Å². The average Bonchev–Trinajstić information content (AvgIpc) is 3.13. The fourth-order valence-corrected chi connectivity index (χ4v) is 5.54. The van der Waals surface area contributed by atoms with E-state index in [4.69, 9.17) is 4.74 Å². The molecule has 0 radical (unpaired) electrons. The molecule has 0 heterocycles. The number of esters is 1. The van der Waals surface area contributed by atoms with Gasteiger partial charge in [-0.2, -0.15) is 0 Å². The van der Waals surface area contributed by atoms with E-state index in [1.165, 1.54) is 7.11 Å². The molecule has 1 aromatic carbocycles. The smallest absolute Gasteiger partial charge is 0.315 e. The van der Waals surface area contributed by atoms with Gasteiger partial charge in [-0.15, -0.1) is 0 Å². The zero-order valence-electron chi connectivity index (χ0n) is 12.1. The van der Waals surface area contributed by atoms with Crippen molar-refractivity contribution in [1.29, 1.82) is 0 Å². The second-order valence-corrected chi connectivity index (χ2v) is 11.8.